The van der Waals surface area contributed by atoms with Gasteiger partial charge in [0, 0.05) is 44.2 Å². The van der Waals surface area contributed by atoms with Gasteiger partial charge in [0.1, 0.15) is 22.3 Å². The Bertz CT molecular complexity index is 2830. The molecule has 2 heterocycles. The summed E-state index contributed by atoms with van der Waals surface area (Å²) in [5.41, 5.74) is 13.8. The zero-order valence-electron chi connectivity index (χ0n) is 27.7. The molecule has 0 aliphatic heterocycles. The molecule has 0 unspecified atom stereocenters. The molecule has 240 valence electrons. The van der Waals surface area contributed by atoms with E-state index >= 15 is 0 Å². The molecule has 0 atom stereocenters. The lowest BCUT2D eigenvalue weighted by molar-refractivity contribution is 0.669. The van der Waals surface area contributed by atoms with Crippen LogP contribution in [0.5, 0.6) is 0 Å². The first-order valence-corrected chi connectivity index (χ1v) is 17.2. The molecule has 0 bridgehead atoms. The van der Waals surface area contributed by atoms with E-state index in [9.17, 15) is 0 Å². The van der Waals surface area contributed by atoms with E-state index in [4.69, 9.17) is 8.83 Å². The van der Waals surface area contributed by atoms with E-state index in [1.807, 2.05) is 24.3 Å². The summed E-state index contributed by atoms with van der Waals surface area (Å²) in [5, 5.41) is 4.53. The van der Waals surface area contributed by atoms with E-state index in [1.165, 1.54) is 11.1 Å². The number of furan rings is 2. The minimum absolute atomic E-state index is 0.904. The molecule has 0 aliphatic rings. The molecule has 10 rings (SSSR count). The van der Waals surface area contributed by atoms with Crippen LogP contribution in [0.3, 0.4) is 0 Å². The third kappa shape index (κ3) is 5.06. The van der Waals surface area contributed by atoms with Crippen molar-refractivity contribution in [3.05, 3.63) is 188 Å². The van der Waals surface area contributed by atoms with Gasteiger partial charge in [0.2, 0.25) is 0 Å². The summed E-state index contributed by atoms with van der Waals surface area (Å²) in [4.78, 5) is 2.32. The van der Waals surface area contributed by atoms with Crippen molar-refractivity contribution in [3.63, 3.8) is 0 Å². The number of hydrogen-bond acceptors (Lipinski definition) is 3. The first kappa shape index (κ1) is 29.1. The van der Waals surface area contributed by atoms with Gasteiger partial charge in [-0.05, 0) is 88.5 Å². The van der Waals surface area contributed by atoms with Crippen LogP contribution in [0.25, 0.3) is 77.3 Å². The standard InChI is InChI=1S/C48H31NO2/c1-2-9-32(10-3-1)33-17-24-37(25-18-33)49(38-26-19-34(20-27-38)36-23-30-47-44(31-36)42-12-5-6-15-45(42)50-47)39-28-21-35(22-29-39)40-13-8-14-43-41-11-4-7-16-46(41)51-48(40)43/h1-31H. The summed E-state index contributed by atoms with van der Waals surface area (Å²) >= 11 is 0. The van der Waals surface area contributed by atoms with Crippen molar-refractivity contribution in [3.8, 4) is 33.4 Å². The van der Waals surface area contributed by atoms with Gasteiger partial charge in [-0.3, -0.25) is 0 Å². The molecule has 0 fully saturated rings. The quantitative estimate of drug-likeness (QED) is 0.179. The van der Waals surface area contributed by atoms with Crippen LogP contribution in [0.4, 0.5) is 17.1 Å². The predicted octanol–water partition coefficient (Wildman–Crippen LogP) is 14.0. The molecule has 0 radical (unpaired) electrons. The van der Waals surface area contributed by atoms with E-state index < -0.39 is 0 Å². The van der Waals surface area contributed by atoms with Crippen molar-refractivity contribution in [1.29, 1.82) is 0 Å². The minimum atomic E-state index is 0.904. The summed E-state index contributed by atoms with van der Waals surface area (Å²) in [7, 11) is 0. The zero-order chi connectivity index (χ0) is 33.7. The zero-order valence-corrected chi connectivity index (χ0v) is 27.7. The van der Waals surface area contributed by atoms with Crippen LogP contribution in [-0.2, 0) is 0 Å². The molecular weight excluding hydrogens is 623 g/mol. The minimum Gasteiger partial charge on any atom is -0.456 e. The van der Waals surface area contributed by atoms with Gasteiger partial charge in [0.15, 0.2) is 0 Å². The molecule has 0 aliphatic carbocycles. The third-order valence-corrected chi connectivity index (χ3v) is 9.91. The summed E-state index contributed by atoms with van der Waals surface area (Å²) in [5.74, 6) is 0. The third-order valence-electron chi connectivity index (χ3n) is 9.91. The maximum absolute atomic E-state index is 6.37. The summed E-state index contributed by atoms with van der Waals surface area (Å²) in [6.07, 6.45) is 0. The van der Waals surface area contributed by atoms with E-state index in [-0.39, 0.29) is 0 Å². The molecule has 2 aromatic heterocycles. The van der Waals surface area contributed by atoms with Crippen molar-refractivity contribution < 1.29 is 8.83 Å². The van der Waals surface area contributed by atoms with Crippen molar-refractivity contribution in [2.75, 3.05) is 4.90 Å². The Morgan fingerprint density at radius 2 is 0.765 bits per heavy atom. The van der Waals surface area contributed by atoms with Gasteiger partial charge in [0.05, 0.1) is 0 Å². The Balaban J connectivity index is 1.04. The normalized spacial score (nSPS) is 11.5. The number of anilines is 3. The SMILES string of the molecule is c1ccc(-c2ccc(N(c3ccc(-c4ccc5oc6ccccc6c5c4)cc3)c3ccc(-c4cccc5c4oc4ccccc45)cc3)cc2)cc1. The van der Waals surface area contributed by atoms with Gasteiger partial charge in [-0.15, -0.1) is 0 Å². The fourth-order valence-electron chi connectivity index (χ4n) is 7.35. The predicted molar refractivity (Wildman–Crippen MR) is 212 cm³/mol. The maximum Gasteiger partial charge on any atom is 0.143 e. The molecule has 0 saturated heterocycles. The number of fused-ring (bicyclic) bond motifs is 6. The Labute approximate surface area is 295 Å². The largest absolute Gasteiger partial charge is 0.456 e. The lowest BCUT2D eigenvalue weighted by atomic mass is 10.0. The van der Waals surface area contributed by atoms with Gasteiger partial charge < -0.3 is 13.7 Å². The molecule has 0 amide bonds. The van der Waals surface area contributed by atoms with Gasteiger partial charge in [-0.25, -0.2) is 0 Å². The van der Waals surface area contributed by atoms with Gasteiger partial charge in [-0.1, -0.05) is 127 Å². The highest BCUT2D eigenvalue weighted by atomic mass is 16.3. The first-order valence-electron chi connectivity index (χ1n) is 17.2. The Hall–Kier alpha value is -6.84. The second-order valence-corrected chi connectivity index (χ2v) is 12.9. The second-order valence-electron chi connectivity index (χ2n) is 12.9. The lowest BCUT2D eigenvalue weighted by Gasteiger charge is -2.26. The Morgan fingerprint density at radius 3 is 1.43 bits per heavy atom. The number of para-hydroxylation sites is 3. The van der Waals surface area contributed by atoms with E-state index in [0.717, 1.165) is 83.2 Å². The topological polar surface area (TPSA) is 29.5 Å². The molecule has 3 heteroatoms. The van der Waals surface area contributed by atoms with Crippen molar-refractivity contribution in [2.24, 2.45) is 0 Å². The van der Waals surface area contributed by atoms with E-state index in [1.54, 1.807) is 0 Å². The van der Waals surface area contributed by atoms with E-state index in [0.29, 0.717) is 0 Å². The fourth-order valence-corrected chi connectivity index (χ4v) is 7.35. The van der Waals surface area contributed by atoms with Crippen molar-refractivity contribution in [1.82, 2.24) is 0 Å². The van der Waals surface area contributed by atoms with Gasteiger partial charge >= 0.3 is 0 Å². The fraction of sp³-hybridized carbons (Fsp3) is 0. The van der Waals surface area contributed by atoms with Crippen LogP contribution >= 0.6 is 0 Å². The molecule has 3 nitrogen and oxygen atoms in total. The van der Waals surface area contributed by atoms with Crippen LogP contribution in [0.2, 0.25) is 0 Å². The number of hydrogen-bond donors (Lipinski definition) is 0. The average Bonchev–Trinajstić information content (AvgIpc) is 3.77. The van der Waals surface area contributed by atoms with Crippen LogP contribution in [0.15, 0.2) is 197 Å². The van der Waals surface area contributed by atoms with Crippen LogP contribution in [0.1, 0.15) is 0 Å². The highest BCUT2D eigenvalue weighted by Crippen LogP contribution is 2.40. The monoisotopic (exact) mass is 653 g/mol. The molecule has 0 N–H and O–H groups in total. The highest BCUT2D eigenvalue weighted by molar-refractivity contribution is 6.09. The van der Waals surface area contributed by atoms with Crippen LogP contribution in [-0.4, -0.2) is 0 Å². The van der Waals surface area contributed by atoms with Crippen LogP contribution in [0, 0.1) is 0 Å². The number of rotatable bonds is 6. The highest BCUT2D eigenvalue weighted by Gasteiger charge is 2.16. The smallest absolute Gasteiger partial charge is 0.143 e. The first-order chi connectivity index (χ1) is 25.3. The van der Waals surface area contributed by atoms with Crippen molar-refractivity contribution in [2.45, 2.75) is 0 Å². The van der Waals surface area contributed by atoms with Gasteiger partial charge in [-0.2, -0.15) is 0 Å². The average molecular weight is 654 g/mol. The second kappa shape index (κ2) is 11.9. The summed E-state index contributed by atoms with van der Waals surface area (Å²) in [6, 6.07) is 66.3. The van der Waals surface area contributed by atoms with Crippen LogP contribution < -0.4 is 4.90 Å². The maximum atomic E-state index is 6.37. The number of benzene rings is 8. The lowest BCUT2D eigenvalue weighted by Crippen LogP contribution is -2.09. The summed E-state index contributed by atoms with van der Waals surface area (Å²) in [6.45, 7) is 0. The molecule has 0 saturated carbocycles. The van der Waals surface area contributed by atoms with Gasteiger partial charge in [0.25, 0.3) is 0 Å². The number of nitrogens with zero attached hydrogens (tertiary/aromatic N) is 1. The Morgan fingerprint density at radius 1 is 0.294 bits per heavy atom. The Kier molecular flexibility index (Phi) is 6.81. The molecule has 0 spiro atoms. The molecular formula is C48H31NO2. The summed E-state index contributed by atoms with van der Waals surface area (Å²) < 4.78 is 12.5. The van der Waals surface area contributed by atoms with Crippen molar-refractivity contribution >= 4 is 60.9 Å². The molecule has 10 aromatic rings. The van der Waals surface area contributed by atoms with E-state index in [2.05, 4.69) is 169 Å². The molecule has 8 aromatic carbocycles. The molecule has 51 heavy (non-hydrogen) atoms.